The van der Waals surface area contributed by atoms with Gasteiger partial charge in [-0.05, 0) is 18.8 Å². The van der Waals surface area contributed by atoms with Gasteiger partial charge in [0.15, 0.2) is 0 Å². The zero-order chi connectivity index (χ0) is 13.4. The van der Waals surface area contributed by atoms with Gasteiger partial charge in [-0.25, -0.2) is 9.97 Å². The molecule has 0 aliphatic heterocycles. The van der Waals surface area contributed by atoms with Crippen LogP contribution in [-0.4, -0.2) is 30.2 Å². The standard InChI is InChI=1S/C14H25N3O/c1-5-8-15-14-10-12(11(2)3)16-13(17-14)7-6-9-18-4/h10-11H,5-9H2,1-4H3,(H,15,16,17). The number of anilines is 1. The molecule has 1 aromatic rings. The number of rotatable bonds is 8. The Hall–Kier alpha value is -1.16. The molecule has 0 radical (unpaired) electrons. The smallest absolute Gasteiger partial charge is 0.131 e. The molecule has 1 N–H and O–H groups in total. The molecule has 0 saturated carbocycles. The van der Waals surface area contributed by atoms with Gasteiger partial charge in [0.25, 0.3) is 0 Å². The molecule has 4 heteroatoms. The van der Waals surface area contributed by atoms with E-state index in [4.69, 9.17) is 4.74 Å². The highest BCUT2D eigenvalue weighted by molar-refractivity contribution is 5.36. The van der Waals surface area contributed by atoms with Gasteiger partial charge >= 0.3 is 0 Å². The zero-order valence-corrected chi connectivity index (χ0v) is 12.0. The molecule has 0 bridgehead atoms. The summed E-state index contributed by atoms with van der Waals surface area (Å²) in [5.41, 5.74) is 1.11. The van der Waals surface area contributed by atoms with E-state index in [1.54, 1.807) is 7.11 Å². The molecule has 102 valence electrons. The van der Waals surface area contributed by atoms with E-state index in [0.717, 1.165) is 49.8 Å². The summed E-state index contributed by atoms with van der Waals surface area (Å²) in [6, 6.07) is 2.06. The van der Waals surface area contributed by atoms with Crippen LogP contribution in [0.5, 0.6) is 0 Å². The summed E-state index contributed by atoms with van der Waals surface area (Å²) < 4.78 is 5.07. The van der Waals surface area contributed by atoms with Crippen LogP contribution in [0.15, 0.2) is 6.07 Å². The van der Waals surface area contributed by atoms with Crippen molar-refractivity contribution in [3.8, 4) is 0 Å². The summed E-state index contributed by atoms with van der Waals surface area (Å²) in [4.78, 5) is 9.15. The number of nitrogens with zero attached hydrogens (tertiary/aromatic N) is 2. The molecule has 1 heterocycles. The monoisotopic (exact) mass is 251 g/mol. The topological polar surface area (TPSA) is 47.0 Å². The minimum absolute atomic E-state index is 0.427. The summed E-state index contributed by atoms with van der Waals surface area (Å²) in [7, 11) is 1.72. The second-order valence-electron chi connectivity index (χ2n) is 4.77. The van der Waals surface area contributed by atoms with E-state index in [1.165, 1.54) is 0 Å². The normalized spacial score (nSPS) is 10.9. The maximum absolute atomic E-state index is 5.07. The van der Waals surface area contributed by atoms with E-state index in [2.05, 4.69) is 42.1 Å². The predicted molar refractivity (Wildman–Crippen MR) is 75.1 cm³/mol. The first-order valence-corrected chi connectivity index (χ1v) is 6.78. The minimum atomic E-state index is 0.427. The van der Waals surface area contributed by atoms with Gasteiger partial charge in [-0.1, -0.05) is 20.8 Å². The Morgan fingerprint density at radius 2 is 2.11 bits per heavy atom. The van der Waals surface area contributed by atoms with Crippen molar-refractivity contribution in [2.24, 2.45) is 0 Å². The maximum Gasteiger partial charge on any atom is 0.131 e. The highest BCUT2D eigenvalue weighted by Gasteiger charge is 2.07. The predicted octanol–water partition coefficient (Wildman–Crippen LogP) is 3.00. The van der Waals surface area contributed by atoms with Crippen LogP contribution in [0, 0.1) is 0 Å². The molecule has 0 unspecified atom stereocenters. The van der Waals surface area contributed by atoms with Crippen molar-refractivity contribution in [1.29, 1.82) is 0 Å². The Kier molecular flexibility index (Phi) is 6.65. The molecule has 0 saturated heterocycles. The molecule has 1 aromatic heterocycles. The summed E-state index contributed by atoms with van der Waals surface area (Å²) in [5, 5.41) is 3.34. The van der Waals surface area contributed by atoms with Crippen molar-refractivity contribution >= 4 is 5.82 Å². The molecular formula is C14H25N3O. The third kappa shape index (κ3) is 5.00. The van der Waals surface area contributed by atoms with Gasteiger partial charge in [0.2, 0.25) is 0 Å². The number of hydrogen-bond acceptors (Lipinski definition) is 4. The summed E-state index contributed by atoms with van der Waals surface area (Å²) in [6.07, 6.45) is 2.93. The average Bonchev–Trinajstić information content (AvgIpc) is 2.36. The Balaban J connectivity index is 2.77. The van der Waals surface area contributed by atoms with Crippen LogP contribution >= 0.6 is 0 Å². The molecule has 0 atom stereocenters. The molecule has 0 fully saturated rings. The zero-order valence-electron chi connectivity index (χ0n) is 12.0. The molecule has 0 aromatic carbocycles. The number of nitrogens with one attached hydrogen (secondary N) is 1. The largest absolute Gasteiger partial charge is 0.385 e. The Bertz CT molecular complexity index is 353. The molecule has 18 heavy (non-hydrogen) atoms. The molecule has 4 nitrogen and oxygen atoms in total. The molecule has 0 amide bonds. The van der Waals surface area contributed by atoms with Gasteiger partial charge in [0, 0.05) is 38.4 Å². The van der Waals surface area contributed by atoms with E-state index in [0.29, 0.717) is 5.92 Å². The lowest BCUT2D eigenvalue weighted by Gasteiger charge is -2.11. The maximum atomic E-state index is 5.07. The van der Waals surface area contributed by atoms with E-state index in [9.17, 15) is 0 Å². The van der Waals surface area contributed by atoms with Crippen LogP contribution in [-0.2, 0) is 11.2 Å². The first kappa shape index (κ1) is 14.9. The minimum Gasteiger partial charge on any atom is -0.385 e. The molecule has 0 aliphatic rings. The highest BCUT2D eigenvalue weighted by atomic mass is 16.5. The fourth-order valence-electron chi connectivity index (χ4n) is 1.64. The van der Waals surface area contributed by atoms with Gasteiger partial charge in [0.1, 0.15) is 11.6 Å². The fraction of sp³-hybridized carbons (Fsp3) is 0.714. The van der Waals surface area contributed by atoms with Gasteiger partial charge in [-0.15, -0.1) is 0 Å². The Labute approximate surface area is 110 Å². The summed E-state index contributed by atoms with van der Waals surface area (Å²) in [6.45, 7) is 8.17. The number of ether oxygens (including phenoxy) is 1. The molecule has 0 spiro atoms. The van der Waals surface area contributed by atoms with Gasteiger partial charge in [-0.3, -0.25) is 0 Å². The first-order chi connectivity index (χ1) is 8.67. The van der Waals surface area contributed by atoms with Crippen LogP contribution in [0.25, 0.3) is 0 Å². The van der Waals surface area contributed by atoms with Crippen LogP contribution in [0.2, 0.25) is 0 Å². The van der Waals surface area contributed by atoms with E-state index >= 15 is 0 Å². The Morgan fingerprint density at radius 1 is 1.33 bits per heavy atom. The average molecular weight is 251 g/mol. The number of methoxy groups -OCH3 is 1. The van der Waals surface area contributed by atoms with Crippen molar-refractivity contribution in [2.45, 2.75) is 46.0 Å². The second-order valence-corrected chi connectivity index (χ2v) is 4.77. The van der Waals surface area contributed by atoms with E-state index in [1.807, 2.05) is 0 Å². The van der Waals surface area contributed by atoms with Gasteiger partial charge < -0.3 is 10.1 Å². The third-order valence-corrected chi connectivity index (χ3v) is 2.69. The lowest BCUT2D eigenvalue weighted by Crippen LogP contribution is -2.08. The number of aryl methyl sites for hydroxylation is 1. The van der Waals surface area contributed by atoms with Crippen molar-refractivity contribution in [3.63, 3.8) is 0 Å². The number of aromatic nitrogens is 2. The SMILES string of the molecule is CCCNc1cc(C(C)C)nc(CCCOC)n1. The lowest BCUT2D eigenvalue weighted by molar-refractivity contribution is 0.194. The van der Waals surface area contributed by atoms with Crippen molar-refractivity contribution in [3.05, 3.63) is 17.6 Å². The van der Waals surface area contributed by atoms with Crippen LogP contribution in [0.4, 0.5) is 5.82 Å². The first-order valence-electron chi connectivity index (χ1n) is 6.78. The van der Waals surface area contributed by atoms with Crippen molar-refractivity contribution in [1.82, 2.24) is 9.97 Å². The fourth-order valence-corrected chi connectivity index (χ4v) is 1.64. The van der Waals surface area contributed by atoms with E-state index in [-0.39, 0.29) is 0 Å². The molecule has 0 aliphatic carbocycles. The third-order valence-electron chi connectivity index (χ3n) is 2.69. The van der Waals surface area contributed by atoms with Crippen LogP contribution in [0.3, 0.4) is 0 Å². The molecular weight excluding hydrogens is 226 g/mol. The highest BCUT2D eigenvalue weighted by Crippen LogP contribution is 2.16. The van der Waals surface area contributed by atoms with Crippen LogP contribution < -0.4 is 5.32 Å². The van der Waals surface area contributed by atoms with Crippen molar-refractivity contribution < 1.29 is 4.74 Å². The summed E-state index contributed by atoms with van der Waals surface area (Å²) >= 11 is 0. The molecule has 1 rings (SSSR count). The Morgan fingerprint density at radius 3 is 2.72 bits per heavy atom. The van der Waals surface area contributed by atoms with Gasteiger partial charge in [-0.2, -0.15) is 0 Å². The van der Waals surface area contributed by atoms with E-state index < -0.39 is 0 Å². The summed E-state index contributed by atoms with van der Waals surface area (Å²) in [5.74, 6) is 2.29. The van der Waals surface area contributed by atoms with Crippen molar-refractivity contribution in [2.75, 3.05) is 25.6 Å². The van der Waals surface area contributed by atoms with Crippen LogP contribution in [0.1, 0.15) is 51.0 Å². The quantitative estimate of drug-likeness (QED) is 0.721. The second kappa shape index (κ2) is 8.03. The van der Waals surface area contributed by atoms with Gasteiger partial charge in [0.05, 0.1) is 0 Å². The number of hydrogen-bond donors (Lipinski definition) is 1. The lowest BCUT2D eigenvalue weighted by atomic mass is 10.1.